The number of ether oxygens (including phenoxy) is 1. The fourth-order valence-corrected chi connectivity index (χ4v) is 2.63. The monoisotopic (exact) mass is 356 g/mol. The van der Waals surface area contributed by atoms with Crippen LogP contribution < -0.4 is 10.1 Å². The molecule has 1 amide bonds. The summed E-state index contributed by atoms with van der Waals surface area (Å²) in [6.07, 6.45) is 1.71. The Morgan fingerprint density at radius 1 is 1.14 bits per heavy atom. The molecule has 1 N–H and O–H groups in total. The van der Waals surface area contributed by atoms with Crippen LogP contribution in [0.2, 0.25) is 0 Å². The van der Waals surface area contributed by atoms with Gasteiger partial charge in [-0.25, -0.2) is 0 Å². The molecule has 2 aromatic carbocycles. The number of amides is 1. The highest BCUT2D eigenvalue weighted by atomic mass is 79.9. The Balaban J connectivity index is 1.92. The largest absolute Gasteiger partial charge is 0.497 e. The van der Waals surface area contributed by atoms with Gasteiger partial charge in [0.05, 0.1) is 18.3 Å². The number of methoxy groups -OCH3 is 1. The molecular weight excluding hydrogens is 344 g/mol. The van der Waals surface area contributed by atoms with Crippen LogP contribution in [-0.4, -0.2) is 18.0 Å². The van der Waals surface area contributed by atoms with E-state index in [4.69, 9.17) is 4.74 Å². The van der Waals surface area contributed by atoms with Crippen LogP contribution in [0.25, 0.3) is 10.9 Å². The lowest BCUT2D eigenvalue weighted by molar-refractivity contribution is 0.102. The van der Waals surface area contributed by atoms with Gasteiger partial charge in [-0.15, -0.1) is 0 Å². The maximum atomic E-state index is 12.4. The molecule has 4 nitrogen and oxygen atoms in total. The zero-order chi connectivity index (χ0) is 15.5. The standard InChI is InChI=1S/C17H13BrN2O2/c1-22-12-6-4-11(5-7-12)17(21)20-15-9-8-14(18)13-3-2-10-19-16(13)15/h2-10H,1H3,(H,20,21). The van der Waals surface area contributed by atoms with Gasteiger partial charge in [-0.3, -0.25) is 9.78 Å². The molecule has 0 saturated heterocycles. The molecule has 5 heteroatoms. The van der Waals surface area contributed by atoms with Crippen LogP contribution in [0.15, 0.2) is 59.2 Å². The van der Waals surface area contributed by atoms with E-state index in [-0.39, 0.29) is 5.91 Å². The minimum absolute atomic E-state index is 0.183. The van der Waals surface area contributed by atoms with Gasteiger partial charge in [0, 0.05) is 21.6 Å². The van der Waals surface area contributed by atoms with E-state index in [2.05, 4.69) is 26.2 Å². The average molecular weight is 357 g/mol. The number of anilines is 1. The second-order valence-electron chi connectivity index (χ2n) is 4.68. The minimum Gasteiger partial charge on any atom is -0.497 e. The maximum Gasteiger partial charge on any atom is 0.255 e. The number of carbonyl (C=O) groups excluding carboxylic acids is 1. The number of nitrogens with zero attached hydrogens (tertiary/aromatic N) is 1. The number of nitrogens with one attached hydrogen (secondary N) is 1. The molecule has 0 aliphatic carbocycles. The Kier molecular flexibility index (Phi) is 4.06. The van der Waals surface area contributed by atoms with E-state index in [1.807, 2.05) is 24.3 Å². The lowest BCUT2D eigenvalue weighted by Crippen LogP contribution is -2.12. The summed E-state index contributed by atoms with van der Waals surface area (Å²) in [6.45, 7) is 0. The number of benzene rings is 2. The van der Waals surface area contributed by atoms with Gasteiger partial charge in [0.25, 0.3) is 5.91 Å². The van der Waals surface area contributed by atoms with Crippen molar-refractivity contribution in [3.05, 3.63) is 64.8 Å². The van der Waals surface area contributed by atoms with Gasteiger partial charge in [-0.2, -0.15) is 0 Å². The molecule has 3 rings (SSSR count). The summed E-state index contributed by atoms with van der Waals surface area (Å²) in [7, 11) is 1.59. The lowest BCUT2D eigenvalue weighted by Gasteiger charge is -2.09. The first-order chi connectivity index (χ1) is 10.7. The Morgan fingerprint density at radius 2 is 1.91 bits per heavy atom. The summed E-state index contributed by atoms with van der Waals surface area (Å²) >= 11 is 3.49. The molecule has 22 heavy (non-hydrogen) atoms. The highest BCUT2D eigenvalue weighted by Gasteiger charge is 2.10. The van der Waals surface area contributed by atoms with Crippen LogP contribution in [0.3, 0.4) is 0 Å². The number of fused-ring (bicyclic) bond motifs is 1. The van der Waals surface area contributed by atoms with Crippen LogP contribution in [-0.2, 0) is 0 Å². The van der Waals surface area contributed by atoms with E-state index in [1.165, 1.54) is 0 Å². The van der Waals surface area contributed by atoms with E-state index in [9.17, 15) is 4.79 Å². The van der Waals surface area contributed by atoms with Crippen molar-refractivity contribution in [2.24, 2.45) is 0 Å². The molecular formula is C17H13BrN2O2. The molecule has 1 aromatic heterocycles. The third-order valence-electron chi connectivity index (χ3n) is 3.32. The first-order valence-corrected chi connectivity index (χ1v) is 7.47. The fourth-order valence-electron chi connectivity index (χ4n) is 2.18. The van der Waals surface area contributed by atoms with Gasteiger partial charge < -0.3 is 10.1 Å². The number of rotatable bonds is 3. The van der Waals surface area contributed by atoms with Crippen LogP contribution in [0.1, 0.15) is 10.4 Å². The van der Waals surface area contributed by atoms with Crippen LogP contribution in [0, 0.1) is 0 Å². The predicted molar refractivity (Wildman–Crippen MR) is 90.4 cm³/mol. The molecule has 0 radical (unpaired) electrons. The molecule has 1 heterocycles. The van der Waals surface area contributed by atoms with Crippen molar-refractivity contribution in [3.8, 4) is 5.75 Å². The van der Waals surface area contributed by atoms with E-state index in [0.717, 1.165) is 15.4 Å². The first kappa shape index (κ1) is 14.5. The molecule has 3 aromatic rings. The van der Waals surface area contributed by atoms with Gasteiger partial charge in [0.1, 0.15) is 5.75 Å². The number of hydrogen-bond donors (Lipinski definition) is 1. The molecule has 0 atom stereocenters. The van der Waals surface area contributed by atoms with Gasteiger partial charge in [0.15, 0.2) is 0 Å². The average Bonchev–Trinajstić information content (AvgIpc) is 2.57. The Hall–Kier alpha value is -2.40. The molecule has 0 fully saturated rings. The number of aromatic nitrogens is 1. The molecule has 0 aliphatic rings. The van der Waals surface area contributed by atoms with Crippen molar-refractivity contribution in [1.29, 1.82) is 0 Å². The maximum absolute atomic E-state index is 12.4. The Morgan fingerprint density at radius 3 is 2.64 bits per heavy atom. The fraction of sp³-hybridized carbons (Fsp3) is 0.0588. The smallest absolute Gasteiger partial charge is 0.255 e. The summed E-state index contributed by atoms with van der Waals surface area (Å²) in [5.74, 6) is 0.532. The Bertz CT molecular complexity index is 832. The highest BCUT2D eigenvalue weighted by Crippen LogP contribution is 2.28. The van der Waals surface area contributed by atoms with Gasteiger partial charge in [-0.1, -0.05) is 22.0 Å². The number of halogens is 1. The molecule has 0 unspecified atom stereocenters. The van der Waals surface area contributed by atoms with E-state index in [1.54, 1.807) is 37.6 Å². The van der Waals surface area contributed by atoms with Gasteiger partial charge >= 0.3 is 0 Å². The second kappa shape index (κ2) is 6.15. The van der Waals surface area contributed by atoms with Crippen LogP contribution in [0.4, 0.5) is 5.69 Å². The lowest BCUT2D eigenvalue weighted by atomic mass is 10.1. The SMILES string of the molecule is COc1ccc(C(=O)Nc2ccc(Br)c3cccnc23)cc1. The highest BCUT2D eigenvalue weighted by molar-refractivity contribution is 9.10. The third-order valence-corrected chi connectivity index (χ3v) is 4.01. The summed E-state index contributed by atoms with van der Waals surface area (Å²) in [4.78, 5) is 16.7. The molecule has 0 spiro atoms. The zero-order valence-electron chi connectivity index (χ0n) is 11.8. The molecule has 0 saturated carbocycles. The van der Waals surface area contributed by atoms with E-state index in [0.29, 0.717) is 17.0 Å². The van der Waals surface area contributed by atoms with Crippen molar-refractivity contribution in [2.75, 3.05) is 12.4 Å². The first-order valence-electron chi connectivity index (χ1n) is 6.67. The normalized spacial score (nSPS) is 10.5. The van der Waals surface area contributed by atoms with Crippen molar-refractivity contribution < 1.29 is 9.53 Å². The summed E-state index contributed by atoms with van der Waals surface area (Å²) in [5.41, 5.74) is 1.99. The van der Waals surface area contributed by atoms with Crippen LogP contribution in [0.5, 0.6) is 5.75 Å². The number of carbonyl (C=O) groups is 1. The predicted octanol–water partition coefficient (Wildman–Crippen LogP) is 4.26. The Labute approximate surface area is 136 Å². The zero-order valence-corrected chi connectivity index (χ0v) is 13.4. The molecule has 0 aliphatic heterocycles. The molecule has 110 valence electrons. The summed E-state index contributed by atoms with van der Waals surface area (Å²) in [5, 5.41) is 3.86. The quantitative estimate of drug-likeness (QED) is 0.762. The minimum atomic E-state index is -0.183. The molecule has 0 bridgehead atoms. The summed E-state index contributed by atoms with van der Waals surface area (Å²) < 4.78 is 6.03. The van der Waals surface area contributed by atoms with Crippen molar-refractivity contribution in [2.45, 2.75) is 0 Å². The van der Waals surface area contributed by atoms with Crippen molar-refractivity contribution >= 4 is 38.4 Å². The van der Waals surface area contributed by atoms with E-state index >= 15 is 0 Å². The van der Waals surface area contributed by atoms with Crippen molar-refractivity contribution in [1.82, 2.24) is 4.98 Å². The topological polar surface area (TPSA) is 51.2 Å². The third kappa shape index (κ3) is 2.80. The number of hydrogen-bond acceptors (Lipinski definition) is 3. The van der Waals surface area contributed by atoms with Crippen LogP contribution >= 0.6 is 15.9 Å². The van der Waals surface area contributed by atoms with Crippen molar-refractivity contribution in [3.63, 3.8) is 0 Å². The van der Waals surface area contributed by atoms with Gasteiger partial charge in [-0.05, 0) is 42.5 Å². The second-order valence-corrected chi connectivity index (χ2v) is 5.53. The summed E-state index contributed by atoms with van der Waals surface area (Å²) in [6, 6.07) is 14.5. The van der Waals surface area contributed by atoms with E-state index < -0.39 is 0 Å². The number of pyridine rings is 1. The van der Waals surface area contributed by atoms with Gasteiger partial charge in [0.2, 0.25) is 0 Å².